The first-order valence-corrected chi connectivity index (χ1v) is 6.02. The van der Waals surface area contributed by atoms with Crippen molar-refractivity contribution >= 4 is 33.1 Å². The number of thiophene rings is 1. The van der Waals surface area contributed by atoms with Crippen molar-refractivity contribution in [3.05, 3.63) is 20.8 Å². The maximum Gasteiger partial charge on any atom is 0.149 e. The molecule has 0 unspecified atom stereocenters. The minimum atomic E-state index is 0.598. The van der Waals surface area contributed by atoms with E-state index in [9.17, 15) is 0 Å². The van der Waals surface area contributed by atoms with E-state index in [1.807, 2.05) is 5.38 Å². The van der Waals surface area contributed by atoms with Gasteiger partial charge in [0.2, 0.25) is 0 Å². The van der Waals surface area contributed by atoms with Crippen molar-refractivity contribution in [3.63, 3.8) is 0 Å². The first-order chi connectivity index (χ1) is 6.74. The van der Waals surface area contributed by atoms with Gasteiger partial charge in [-0.1, -0.05) is 6.92 Å². The van der Waals surface area contributed by atoms with Crippen molar-refractivity contribution in [2.24, 2.45) is 0 Å². The van der Waals surface area contributed by atoms with Gasteiger partial charge >= 0.3 is 0 Å². The van der Waals surface area contributed by atoms with Crippen molar-refractivity contribution in [2.45, 2.75) is 13.3 Å². The Morgan fingerprint density at radius 3 is 2.93 bits per heavy atom. The van der Waals surface area contributed by atoms with E-state index in [4.69, 9.17) is 5.73 Å². The number of aromatic amines is 1. The number of H-pyrrole nitrogens is 1. The van der Waals surface area contributed by atoms with Gasteiger partial charge in [0.05, 0.1) is 5.69 Å². The molecule has 5 heteroatoms. The fourth-order valence-electron chi connectivity index (χ4n) is 1.42. The average molecular weight is 272 g/mol. The molecule has 3 nitrogen and oxygen atoms in total. The molecule has 0 aromatic carbocycles. The van der Waals surface area contributed by atoms with E-state index in [-0.39, 0.29) is 0 Å². The highest BCUT2D eigenvalue weighted by Gasteiger charge is 2.13. The van der Waals surface area contributed by atoms with Gasteiger partial charge in [-0.25, -0.2) is 0 Å². The molecule has 2 heterocycles. The summed E-state index contributed by atoms with van der Waals surface area (Å²) in [5, 5.41) is 11.1. The SMILES string of the molecule is CCc1c(N)n[nH]c1-c1cscc1Br. The van der Waals surface area contributed by atoms with Crippen LogP contribution in [0.15, 0.2) is 15.2 Å². The lowest BCUT2D eigenvalue weighted by Crippen LogP contribution is -1.90. The highest BCUT2D eigenvalue weighted by atomic mass is 79.9. The van der Waals surface area contributed by atoms with E-state index >= 15 is 0 Å². The van der Waals surface area contributed by atoms with Crippen LogP contribution in [0.25, 0.3) is 11.3 Å². The molecule has 0 radical (unpaired) electrons. The van der Waals surface area contributed by atoms with E-state index in [1.165, 1.54) is 0 Å². The van der Waals surface area contributed by atoms with Gasteiger partial charge in [-0.2, -0.15) is 16.4 Å². The van der Waals surface area contributed by atoms with Gasteiger partial charge in [0.25, 0.3) is 0 Å². The van der Waals surface area contributed by atoms with E-state index in [0.717, 1.165) is 27.7 Å². The second-order valence-corrected chi connectivity index (χ2v) is 4.55. The number of nitrogens with two attached hydrogens (primary N) is 1. The Morgan fingerprint density at radius 2 is 2.36 bits per heavy atom. The standard InChI is InChI=1S/C9H10BrN3S/c1-2-5-8(12-13-9(5)11)6-3-14-4-7(6)10/h3-4H,2H2,1H3,(H3,11,12,13). The maximum atomic E-state index is 5.75. The third-order valence-electron chi connectivity index (χ3n) is 2.14. The predicted octanol–water partition coefficient (Wildman–Crippen LogP) is 3.05. The van der Waals surface area contributed by atoms with Crippen LogP contribution in [0, 0.1) is 0 Å². The molecule has 0 saturated heterocycles. The van der Waals surface area contributed by atoms with Gasteiger partial charge in [-0.15, -0.1) is 0 Å². The van der Waals surface area contributed by atoms with Gasteiger partial charge in [-0.3, -0.25) is 5.10 Å². The molecule has 0 aliphatic heterocycles. The molecule has 2 aromatic heterocycles. The summed E-state index contributed by atoms with van der Waals surface area (Å²) >= 11 is 5.15. The summed E-state index contributed by atoms with van der Waals surface area (Å²) in [5.41, 5.74) is 9.00. The minimum Gasteiger partial charge on any atom is -0.382 e. The predicted molar refractivity (Wildman–Crippen MR) is 63.4 cm³/mol. The lowest BCUT2D eigenvalue weighted by molar-refractivity contribution is 1.10. The van der Waals surface area contributed by atoms with Crippen LogP contribution >= 0.6 is 27.3 Å². The first-order valence-electron chi connectivity index (χ1n) is 4.28. The summed E-state index contributed by atoms with van der Waals surface area (Å²) in [5.74, 6) is 0.598. The zero-order valence-corrected chi connectivity index (χ0v) is 10.1. The number of nitrogen functional groups attached to an aromatic ring is 1. The largest absolute Gasteiger partial charge is 0.382 e. The average Bonchev–Trinajstić information content (AvgIpc) is 2.71. The Balaban J connectivity index is 2.57. The Hall–Kier alpha value is -0.810. The van der Waals surface area contributed by atoms with E-state index < -0.39 is 0 Å². The fourth-order valence-corrected chi connectivity index (χ4v) is 2.90. The number of rotatable bonds is 2. The number of hydrogen-bond donors (Lipinski definition) is 2. The highest BCUT2D eigenvalue weighted by molar-refractivity contribution is 9.10. The summed E-state index contributed by atoms with van der Waals surface area (Å²) < 4.78 is 1.08. The monoisotopic (exact) mass is 271 g/mol. The molecular formula is C9H10BrN3S. The zero-order chi connectivity index (χ0) is 10.1. The molecule has 0 fully saturated rings. The lowest BCUT2D eigenvalue weighted by atomic mass is 10.1. The highest BCUT2D eigenvalue weighted by Crippen LogP contribution is 2.34. The van der Waals surface area contributed by atoms with Crippen LogP contribution in [0.2, 0.25) is 0 Å². The quantitative estimate of drug-likeness (QED) is 0.882. The normalized spacial score (nSPS) is 10.7. The second-order valence-electron chi connectivity index (χ2n) is 2.95. The number of nitrogens with one attached hydrogen (secondary N) is 1. The molecule has 0 aliphatic rings. The molecule has 0 bridgehead atoms. The number of nitrogens with zero attached hydrogens (tertiary/aromatic N) is 1. The number of halogens is 1. The van der Waals surface area contributed by atoms with E-state index in [2.05, 4.69) is 38.4 Å². The lowest BCUT2D eigenvalue weighted by Gasteiger charge is -1.99. The van der Waals surface area contributed by atoms with Crippen LogP contribution in [-0.2, 0) is 6.42 Å². The Labute approximate surface area is 94.5 Å². The molecule has 3 N–H and O–H groups in total. The third kappa shape index (κ3) is 1.46. The van der Waals surface area contributed by atoms with Gasteiger partial charge in [0.15, 0.2) is 0 Å². The van der Waals surface area contributed by atoms with Crippen LogP contribution in [0.3, 0.4) is 0 Å². The molecule has 2 rings (SSSR count). The number of anilines is 1. The Kier molecular flexibility index (Phi) is 2.60. The smallest absolute Gasteiger partial charge is 0.149 e. The molecule has 0 aliphatic carbocycles. The second kappa shape index (κ2) is 3.74. The number of hydrogen-bond acceptors (Lipinski definition) is 3. The fraction of sp³-hybridized carbons (Fsp3) is 0.222. The van der Waals surface area contributed by atoms with E-state index in [0.29, 0.717) is 5.82 Å². The van der Waals surface area contributed by atoms with Crippen LogP contribution in [-0.4, -0.2) is 10.2 Å². The molecule has 74 valence electrons. The Morgan fingerprint density at radius 1 is 1.57 bits per heavy atom. The van der Waals surface area contributed by atoms with Crippen LogP contribution < -0.4 is 5.73 Å². The van der Waals surface area contributed by atoms with Crippen molar-refractivity contribution in [3.8, 4) is 11.3 Å². The molecule has 2 aromatic rings. The first kappa shape index (κ1) is 9.73. The topological polar surface area (TPSA) is 54.7 Å². The van der Waals surface area contributed by atoms with Crippen LogP contribution in [0.5, 0.6) is 0 Å². The molecule has 0 saturated carbocycles. The minimum absolute atomic E-state index is 0.598. The summed E-state index contributed by atoms with van der Waals surface area (Å²) in [6.45, 7) is 2.07. The van der Waals surface area contributed by atoms with Crippen LogP contribution in [0.1, 0.15) is 12.5 Å². The Bertz CT molecular complexity index is 447. The summed E-state index contributed by atoms with van der Waals surface area (Å²) in [6.07, 6.45) is 0.889. The van der Waals surface area contributed by atoms with Gasteiger partial charge in [0, 0.05) is 26.4 Å². The van der Waals surface area contributed by atoms with Crippen molar-refractivity contribution in [2.75, 3.05) is 5.73 Å². The molecule has 0 atom stereocenters. The van der Waals surface area contributed by atoms with Gasteiger partial charge < -0.3 is 5.73 Å². The van der Waals surface area contributed by atoms with E-state index in [1.54, 1.807) is 11.3 Å². The van der Waals surface area contributed by atoms with Crippen molar-refractivity contribution in [1.82, 2.24) is 10.2 Å². The van der Waals surface area contributed by atoms with Crippen molar-refractivity contribution < 1.29 is 0 Å². The molecule has 14 heavy (non-hydrogen) atoms. The summed E-state index contributed by atoms with van der Waals surface area (Å²) in [7, 11) is 0. The summed E-state index contributed by atoms with van der Waals surface area (Å²) in [6, 6.07) is 0. The molecule has 0 amide bonds. The van der Waals surface area contributed by atoms with Crippen LogP contribution in [0.4, 0.5) is 5.82 Å². The molecule has 0 spiro atoms. The zero-order valence-electron chi connectivity index (χ0n) is 7.67. The number of aromatic nitrogens is 2. The third-order valence-corrected chi connectivity index (χ3v) is 3.84. The maximum absolute atomic E-state index is 5.75. The van der Waals surface area contributed by atoms with Gasteiger partial charge in [-0.05, 0) is 22.4 Å². The summed E-state index contributed by atoms with van der Waals surface area (Å²) in [4.78, 5) is 0. The van der Waals surface area contributed by atoms with Crippen molar-refractivity contribution in [1.29, 1.82) is 0 Å². The van der Waals surface area contributed by atoms with Gasteiger partial charge in [0.1, 0.15) is 5.82 Å². The molecular weight excluding hydrogens is 262 g/mol.